The Labute approximate surface area is 114 Å². The number of hydrogen-bond donors (Lipinski definition) is 1. The van der Waals surface area contributed by atoms with Gasteiger partial charge in [-0.15, -0.1) is 0 Å². The molecule has 0 saturated heterocycles. The van der Waals surface area contributed by atoms with Gasteiger partial charge < -0.3 is 4.98 Å². The molecule has 4 nitrogen and oxygen atoms in total. The van der Waals surface area contributed by atoms with E-state index in [4.69, 9.17) is 11.6 Å². The lowest BCUT2D eigenvalue weighted by Crippen LogP contribution is -2.07. The van der Waals surface area contributed by atoms with Gasteiger partial charge in [0.1, 0.15) is 15.1 Å². The maximum absolute atomic E-state index is 12.3. The molecule has 0 aliphatic heterocycles. The van der Waals surface area contributed by atoms with Crippen molar-refractivity contribution in [3.63, 3.8) is 0 Å². The number of pyridine rings is 1. The largest absolute Gasteiger partial charge is 0.417 e. The summed E-state index contributed by atoms with van der Waals surface area (Å²) in [5, 5.41) is 0.305. The summed E-state index contributed by atoms with van der Waals surface area (Å²) in [4.78, 5) is 20.9. The highest BCUT2D eigenvalue weighted by Crippen LogP contribution is 2.32. The van der Waals surface area contributed by atoms with Gasteiger partial charge in [-0.3, -0.25) is 4.79 Å². The second-order valence-electron chi connectivity index (χ2n) is 3.34. The van der Waals surface area contributed by atoms with Crippen molar-refractivity contribution in [2.75, 3.05) is 0 Å². The van der Waals surface area contributed by atoms with Crippen LogP contribution in [0, 0.1) is 0 Å². The monoisotopic (exact) mass is 307 g/mol. The lowest BCUT2D eigenvalue weighted by atomic mass is 10.3. The zero-order chi connectivity index (χ0) is 14.0. The molecule has 0 fully saturated rings. The molecule has 100 valence electrons. The highest BCUT2D eigenvalue weighted by Gasteiger charge is 2.30. The summed E-state index contributed by atoms with van der Waals surface area (Å²) in [6, 6.07) is 2.09. The summed E-state index contributed by atoms with van der Waals surface area (Å²) >= 11 is 6.62. The van der Waals surface area contributed by atoms with Crippen LogP contribution < -0.4 is 5.56 Å². The van der Waals surface area contributed by atoms with Crippen molar-refractivity contribution in [3.05, 3.63) is 45.6 Å². The van der Waals surface area contributed by atoms with E-state index in [0.29, 0.717) is 6.20 Å². The SMILES string of the molecule is O=c1[nH]cnc(Sc2ccc(C(F)(F)F)cn2)c1Cl. The minimum absolute atomic E-state index is 0.130. The van der Waals surface area contributed by atoms with E-state index >= 15 is 0 Å². The molecule has 0 aliphatic rings. The van der Waals surface area contributed by atoms with Crippen molar-refractivity contribution < 1.29 is 13.2 Å². The fourth-order valence-corrected chi connectivity index (χ4v) is 2.09. The van der Waals surface area contributed by atoms with E-state index in [-0.39, 0.29) is 15.1 Å². The average Bonchev–Trinajstić information content (AvgIpc) is 2.35. The van der Waals surface area contributed by atoms with Gasteiger partial charge in [-0.1, -0.05) is 11.6 Å². The fourth-order valence-electron chi connectivity index (χ4n) is 1.15. The maximum atomic E-state index is 12.3. The normalized spacial score (nSPS) is 11.6. The number of rotatable bonds is 2. The molecule has 0 saturated carbocycles. The summed E-state index contributed by atoms with van der Waals surface area (Å²) in [7, 11) is 0. The van der Waals surface area contributed by atoms with Gasteiger partial charge in [0.2, 0.25) is 0 Å². The van der Waals surface area contributed by atoms with Crippen LogP contribution in [0.5, 0.6) is 0 Å². The first-order valence-electron chi connectivity index (χ1n) is 4.82. The van der Waals surface area contributed by atoms with Crippen LogP contribution >= 0.6 is 23.4 Å². The molecule has 1 N–H and O–H groups in total. The van der Waals surface area contributed by atoms with Gasteiger partial charge in [0.15, 0.2) is 0 Å². The Kier molecular flexibility index (Phi) is 3.81. The molecular formula is C10H5ClF3N3OS. The topological polar surface area (TPSA) is 58.6 Å². The van der Waals surface area contributed by atoms with Gasteiger partial charge in [-0.05, 0) is 23.9 Å². The molecule has 0 atom stereocenters. The fraction of sp³-hybridized carbons (Fsp3) is 0.100. The van der Waals surface area contributed by atoms with Crippen molar-refractivity contribution in [2.45, 2.75) is 16.2 Å². The summed E-state index contributed by atoms with van der Waals surface area (Å²) in [6.07, 6.45) is -2.57. The first-order valence-corrected chi connectivity index (χ1v) is 6.01. The number of hydrogen-bond acceptors (Lipinski definition) is 4. The average molecular weight is 308 g/mol. The van der Waals surface area contributed by atoms with E-state index in [0.717, 1.165) is 24.2 Å². The number of aromatic amines is 1. The van der Waals surface area contributed by atoms with E-state index in [1.807, 2.05) is 0 Å². The van der Waals surface area contributed by atoms with Crippen molar-refractivity contribution in [3.8, 4) is 0 Å². The van der Waals surface area contributed by atoms with E-state index < -0.39 is 17.3 Å². The molecule has 9 heteroatoms. The number of H-pyrrole nitrogens is 1. The molecule has 2 heterocycles. The Bertz CT molecular complexity index is 642. The second-order valence-corrected chi connectivity index (χ2v) is 4.72. The van der Waals surface area contributed by atoms with Crippen LogP contribution in [-0.4, -0.2) is 15.0 Å². The highest BCUT2D eigenvalue weighted by atomic mass is 35.5. The van der Waals surface area contributed by atoms with Crippen molar-refractivity contribution >= 4 is 23.4 Å². The quantitative estimate of drug-likeness (QED) is 0.867. The Morgan fingerprint density at radius 2 is 2.00 bits per heavy atom. The van der Waals surface area contributed by atoms with E-state index in [1.54, 1.807) is 0 Å². The molecular weight excluding hydrogens is 303 g/mol. The predicted octanol–water partition coefficient (Wildman–Crippen LogP) is 2.99. The molecule has 2 rings (SSSR count). The minimum Gasteiger partial charge on any atom is -0.312 e. The van der Waals surface area contributed by atoms with Gasteiger partial charge in [0, 0.05) is 6.20 Å². The second kappa shape index (κ2) is 5.22. The third kappa shape index (κ3) is 3.27. The Balaban J connectivity index is 2.25. The van der Waals surface area contributed by atoms with Gasteiger partial charge >= 0.3 is 6.18 Å². The molecule has 0 unspecified atom stereocenters. The molecule has 0 bridgehead atoms. The van der Waals surface area contributed by atoms with E-state index in [1.165, 1.54) is 6.07 Å². The smallest absolute Gasteiger partial charge is 0.312 e. The lowest BCUT2D eigenvalue weighted by molar-refractivity contribution is -0.137. The molecule has 0 aliphatic carbocycles. The van der Waals surface area contributed by atoms with Gasteiger partial charge in [0.05, 0.1) is 11.9 Å². The number of nitrogens with one attached hydrogen (secondary N) is 1. The van der Waals surface area contributed by atoms with Gasteiger partial charge in [0.25, 0.3) is 5.56 Å². The minimum atomic E-state index is -4.43. The van der Waals surface area contributed by atoms with Gasteiger partial charge in [-0.25, -0.2) is 9.97 Å². The van der Waals surface area contributed by atoms with Crippen molar-refractivity contribution in [1.29, 1.82) is 0 Å². The molecule has 2 aromatic heterocycles. The molecule has 0 spiro atoms. The Morgan fingerprint density at radius 3 is 2.58 bits per heavy atom. The van der Waals surface area contributed by atoms with Crippen LogP contribution in [0.2, 0.25) is 5.02 Å². The van der Waals surface area contributed by atoms with Crippen molar-refractivity contribution in [1.82, 2.24) is 15.0 Å². The van der Waals surface area contributed by atoms with Crippen LogP contribution in [0.1, 0.15) is 5.56 Å². The summed E-state index contributed by atoms with van der Waals surface area (Å²) in [5.74, 6) is 0. The first kappa shape index (κ1) is 13.9. The first-order chi connectivity index (χ1) is 8.88. The molecule has 0 amide bonds. The van der Waals surface area contributed by atoms with Crippen molar-refractivity contribution in [2.24, 2.45) is 0 Å². The van der Waals surface area contributed by atoms with E-state index in [2.05, 4.69) is 15.0 Å². The molecule has 0 radical (unpaired) electrons. The standard InChI is InChI=1S/C10H5ClF3N3OS/c11-7-8(18)16-4-17-9(7)19-6-2-1-5(3-15-6)10(12,13)14/h1-4H,(H,16,17,18). The summed E-state index contributed by atoms with van der Waals surface area (Å²) < 4.78 is 37.0. The van der Waals surface area contributed by atoms with Crippen LogP contribution in [0.15, 0.2) is 39.5 Å². The number of nitrogens with zero attached hydrogens (tertiary/aromatic N) is 2. The molecule has 0 aromatic carbocycles. The van der Waals surface area contributed by atoms with Crippen LogP contribution in [0.25, 0.3) is 0 Å². The third-order valence-electron chi connectivity index (χ3n) is 2.03. The zero-order valence-electron chi connectivity index (χ0n) is 9.03. The number of halogens is 4. The van der Waals surface area contributed by atoms with Crippen LogP contribution in [0.3, 0.4) is 0 Å². The zero-order valence-corrected chi connectivity index (χ0v) is 10.6. The predicted molar refractivity (Wildman–Crippen MR) is 63.2 cm³/mol. The molecule has 19 heavy (non-hydrogen) atoms. The Morgan fingerprint density at radius 1 is 1.26 bits per heavy atom. The maximum Gasteiger partial charge on any atom is 0.417 e. The Hall–Kier alpha value is -1.54. The lowest BCUT2D eigenvalue weighted by Gasteiger charge is -2.06. The van der Waals surface area contributed by atoms with Crippen LogP contribution in [-0.2, 0) is 6.18 Å². The highest BCUT2D eigenvalue weighted by molar-refractivity contribution is 7.99. The van der Waals surface area contributed by atoms with Crippen LogP contribution in [0.4, 0.5) is 13.2 Å². The summed E-state index contributed by atoms with van der Waals surface area (Å²) in [6.45, 7) is 0. The number of aromatic nitrogens is 3. The van der Waals surface area contributed by atoms with E-state index in [9.17, 15) is 18.0 Å². The number of alkyl halides is 3. The van der Waals surface area contributed by atoms with Gasteiger partial charge in [-0.2, -0.15) is 13.2 Å². The molecule has 2 aromatic rings. The third-order valence-corrected chi connectivity index (χ3v) is 3.45. The summed E-state index contributed by atoms with van der Waals surface area (Å²) in [5.41, 5.74) is -1.37.